The smallest absolute Gasteiger partial charge is 0.326 e. The predicted molar refractivity (Wildman–Crippen MR) is 156 cm³/mol. The van der Waals surface area contributed by atoms with Crippen LogP contribution in [0.25, 0.3) is 0 Å². The molecule has 0 saturated heterocycles. The molecule has 15 nitrogen and oxygen atoms in total. The fourth-order valence-electron chi connectivity index (χ4n) is 4.01. The number of carbonyl (C=O) groups is 5. The molecule has 0 aromatic heterocycles. The van der Waals surface area contributed by atoms with Crippen LogP contribution in [-0.4, -0.2) is 81.7 Å². The monoisotopic (exact) mass is 599 g/mol. The average Bonchev–Trinajstić information content (AvgIpc) is 2.95. The van der Waals surface area contributed by atoms with E-state index in [1.54, 1.807) is 42.5 Å². The topological polar surface area (TPSA) is 273 Å². The summed E-state index contributed by atoms with van der Waals surface area (Å²) < 4.78 is 0. The van der Waals surface area contributed by atoms with E-state index in [1.807, 2.05) is 0 Å². The summed E-state index contributed by atoms with van der Waals surface area (Å²) in [5.74, 6) is -5.57. The summed E-state index contributed by atoms with van der Waals surface area (Å²) in [4.78, 5) is 66.3. The second kappa shape index (κ2) is 16.9. The molecule has 0 aliphatic carbocycles. The maximum absolute atomic E-state index is 13.3. The molecule has 0 radical (unpaired) electrons. The number of hydrogen-bond acceptors (Lipinski definition) is 8. The lowest BCUT2D eigenvalue weighted by molar-refractivity contribution is -0.143. The van der Waals surface area contributed by atoms with Crippen LogP contribution in [0.4, 0.5) is 0 Å². The molecular formula is C28H37N7O8. The van der Waals surface area contributed by atoms with Crippen molar-refractivity contribution in [2.45, 2.75) is 56.3 Å². The molecule has 0 spiro atoms. The van der Waals surface area contributed by atoms with E-state index in [9.17, 15) is 39.3 Å². The molecular weight excluding hydrogens is 562 g/mol. The van der Waals surface area contributed by atoms with Gasteiger partial charge in [-0.3, -0.25) is 24.2 Å². The van der Waals surface area contributed by atoms with E-state index < -0.39 is 60.2 Å². The zero-order valence-corrected chi connectivity index (χ0v) is 23.3. The Hall–Kier alpha value is -5.18. The van der Waals surface area contributed by atoms with Gasteiger partial charge in [-0.1, -0.05) is 42.5 Å². The van der Waals surface area contributed by atoms with Crippen molar-refractivity contribution >= 4 is 35.6 Å². The Morgan fingerprint density at radius 1 is 0.744 bits per heavy atom. The molecule has 43 heavy (non-hydrogen) atoms. The first kappa shape index (κ1) is 34.0. The second-order valence-electron chi connectivity index (χ2n) is 9.74. The number of rotatable bonds is 17. The summed E-state index contributed by atoms with van der Waals surface area (Å²) in [6.07, 6.45) is -0.649. The number of aliphatic carboxylic acids is 2. The van der Waals surface area contributed by atoms with Crippen molar-refractivity contribution < 1.29 is 39.3 Å². The summed E-state index contributed by atoms with van der Waals surface area (Å²) in [6.45, 7) is 0.111. The lowest BCUT2D eigenvalue weighted by Gasteiger charge is -2.24. The van der Waals surface area contributed by atoms with E-state index in [0.717, 1.165) is 0 Å². The van der Waals surface area contributed by atoms with E-state index >= 15 is 0 Å². The van der Waals surface area contributed by atoms with Crippen molar-refractivity contribution in [2.24, 2.45) is 22.2 Å². The Morgan fingerprint density at radius 3 is 1.88 bits per heavy atom. The summed E-state index contributed by atoms with van der Waals surface area (Å²) in [6, 6.07) is 9.07. The summed E-state index contributed by atoms with van der Waals surface area (Å²) in [7, 11) is 0. The maximum atomic E-state index is 13.3. The first-order valence-electron chi connectivity index (χ1n) is 13.3. The van der Waals surface area contributed by atoms with Crippen molar-refractivity contribution in [1.82, 2.24) is 16.0 Å². The van der Waals surface area contributed by atoms with E-state index in [0.29, 0.717) is 11.1 Å². The Labute approximate surface area is 247 Å². The van der Waals surface area contributed by atoms with Gasteiger partial charge in [0.15, 0.2) is 5.96 Å². The normalized spacial score (nSPS) is 13.4. The molecule has 0 saturated carbocycles. The number of nitrogens with two attached hydrogens (primary N) is 3. The van der Waals surface area contributed by atoms with Gasteiger partial charge < -0.3 is 48.5 Å². The quantitative estimate of drug-likeness (QED) is 0.0577. The molecule has 0 aliphatic heterocycles. The van der Waals surface area contributed by atoms with Gasteiger partial charge in [-0.15, -0.1) is 0 Å². The highest BCUT2D eigenvalue weighted by atomic mass is 16.4. The Morgan fingerprint density at radius 2 is 1.30 bits per heavy atom. The summed E-state index contributed by atoms with van der Waals surface area (Å²) in [5, 5.41) is 35.6. The molecule has 3 amide bonds. The lowest BCUT2D eigenvalue weighted by Crippen LogP contribution is -2.57. The Kier molecular flexibility index (Phi) is 13.4. The molecule has 2 aromatic carbocycles. The third-order valence-electron chi connectivity index (χ3n) is 6.22. The van der Waals surface area contributed by atoms with Gasteiger partial charge in [-0.2, -0.15) is 0 Å². The van der Waals surface area contributed by atoms with Gasteiger partial charge >= 0.3 is 11.9 Å². The standard InChI is InChI=1S/C28H37N7O8/c29-19(13-17-8-10-18(36)11-9-17)24(39)33-20(7-4-12-32-28(30)31)25(40)34-21(15-23(37)38)26(41)35-22(27(42)43)14-16-5-2-1-3-6-16/h1-3,5-6,8-11,19-22,36H,4,7,12-15,29H2,(H,33,39)(H,34,40)(H,35,41)(H,37,38)(H,42,43)(H4,30,31,32). The highest BCUT2D eigenvalue weighted by Gasteiger charge is 2.31. The van der Waals surface area contributed by atoms with E-state index in [2.05, 4.69) is 20.9 Å². The first-order chi connectivity index (χ1) is 20.3. The number of hydrogen-bond donors (Lipinski definition) is 9. The van der Waals surface area contributed by atoms with Crippen LogP contribution < -0.4 is 33.2 Å². The van der Waals surface area contributed by atoms with Crippen LogP contribution in [0.2, 0.25) is 0 Å². The number of nitrogens with zero attached hydrogens (tertiary/aromatic N) is 1. The maximum Gasteiger partial charge on any atom is 0.326 e. The number of carboxylic acid groups (broad SMARTS) is 2. The van der Waals surface area contributed by atoms with Crippen LogP contribution in [0.15, 0.2) is 59.6 Å². The zero-order valence-electron chi connectivity index (χ0n) is 23.3. The van der Waals surface area contributed by atoms with E-state index in [-0.39, 0.29) is 43.9 Å². The average molecular weight is 600 g/mol. The van der Waals surface area contributed by atoms with Crippen LogP contribution in [0, 0.1) is 0 Å². The van der Waals surface area contributed by atoms with Crippen molar-refractivity contribution in [3.05, 3.63) is 65.7 Å². The first-order valence-corrected chi connectivity index (χ1v) is 13.3. The third-order valence-corrected chi connectivity index (χ3v) is 6.22. The van der Waals surface area contributed by atoms with Crippen molar-refractivity contribution in [2.75, 3.05) is 6.54 Å². The predicted octanol–water partition coefficient (Wildman–Crippen LogP) is -1.43. The number of aromatic hydroxyl groups is 1. The Bertz CT molecular complexity index is 1280. The minimum absolute atomic E-state index is 0.00650. The highest BCUT2D eigenvalue weighted by Crippen LogP contribution is 2.11. The number of benzene rings is 2. The van der Waals surface area contributed by atoms with Crippen LogP contribution in [0.3, 0.4) is 0 Å². The van der Waals surface area contributed by atoms with Crippen molar-refractivity contribution in [3.63, 3.8) is 0 Å². The third kappa shape index (κ3) is 12.5. The van der Waals surface area contributed by atoms with Crippen molar-refractivity contribution in [1.29, 1.82) is 0 Å². The molecule has 2 aromatic rings. The van der Waals surface area contributed by atoms with Crippen molar-refractivity contribution in [3.8, 4) is 5.75 Å². The highest BCUT2D eigenvalue weighted by molar-refractivity contribution is 5.95. The number of phenols is 1. The van der Waals surface area contributed by atoms with Gasteiger partial charge in [0.2, 0.25) is 17.7 Å². The molecule has 4 unspecified atom stereocenters. The molecule has 2 rings (SSSR count). The summed E-state index contributed by atoms with van der Waals surface area (Å²) in [5.41, 5.74) is 18.0. The zero-order chi connectivity index (χ0) is 31.9. The van der Waals surface area contributed by atoms with Crippen LogP contribution in [0.1, 0.15) is 30.4 Å². The molecule has 15 heteroatoms. The van der Waals surface area contributed by atoms with Gasteiger partial charge in [-0.05, 0) is 42.5 Å². The van der Waals surface area contributed by atoms with Crippen LogP contribution in [-0.2, 0) is 36.8 Å². The number of phenolic OH excluding ortho intramolecular Hbond substituents is 1. The molecule has 232 valence electrons. The minimum Gasteiger partial charge on any atom is -0.508 e. The van der Waals surface area contributed by atoms with Gasteiger partial charge in [0.1, 0.15) is 23.9 Å². The van der Waals surface area contributed by atoms with Gasteiger partial charge in [-0.25, -0.2) is 4.79 Å². The number of amides is 3. The van der Waals surface area contributed by atoms with E-state index in [1.165, 1.54) is 12.1 Å². The second-order valence-corrected chi connectivity index (χ2v) is 9.74. The number of carbonyl (C=O) groups excluding carboxylic acids is 3. The lowest BCUT2D eigenvalue weighted by atomic mass is 10.0. The van der Waals surface area contributed by atoms with Gasteiger partial charge in [0, 0.05) is 13.0 Å². The number of guanidine groups is 1. The van der Waals surface area contributed by atoms with Crippen LogP contribution >= 0.6 is 0 Å². The molecule has 0 heterocycles. The molecule has 0 aliphatic rings. The molecule has 4 atom stereocenters. The summed E-state index contributed by atoms with van der Waals surface area (Å²) >= 11 is 0. The molecule has 0 bridgehead atoms. The molecule has 0 fully saturated rings. The number of nitrogens with one attached hydrogen (secondary N) is 3. The number of carboxylic acids is 2. The fraction of sp³-hybridized carbons (Fsp3) is 0.357. The van der Waals surface area contributed by atoms with Gasteiger partial charge in [0.05, 0.1) is 12.5 Å². The van der Waals surface area contributed by atoms with Crippen LogP contribution in [0.5, 0.6) is 5.75 Å². The van der Waals surface area contributed by atoms with E-state index in [4.69, 9.17) is 17.2 Å². The largest absolute Gasteiger partial charge is 0.508 e. The van der Waals surface area contributed by atoms with Gasteiger partial charge in [0.25, 0.3) is 0 Å². The fourth-order valence-corrected chi connectivity index (χ4v) is 4.01. The number of aliphatic imine (C=N–C) groups is 1. The molecule has 12 N–H and O–H groups in total. The SMILES string of the molecule is NC(N)=NCCCC(NC(=O)C(N)Cc1ccc(O)cc1)C(=O)NC(CC(=O)O)C(=O)NC(Cc1ccccc1)C(=O)O. The Balaban J connectivity index is 2.17. The minimum atomic E-state index is -1.66.